The first-order valence-corrected chi connectivity index (χ1v) is 18.5. The number of methoxy groups -OCH3 is 1. The monoisotopic (exact) mass is 725 g/mol. The van der Waals surface area contributed by atoms with Gasteiger partial charge in [-0.2, -0.15) is 4.31 Å². The number of nitrogens with zero attached hydrogens (tertiary/aromatic N) is 3. The molecule has 1 atom stereocenters. The zero-order chi connectivity index (χ0) is 34.8. The minimum atomic E-state index is -4.55. The molecule has 0 spiro atoms. The predicted molar refractivity (Wildman–Crippen MR) is 182 cm³/mol. The van der Waals surface area contributed by atoms with E-state index in [1.165, 1.54) is 49.4 Å². The topological polar surface area (TPSA) is 143 Å². The lowest BCUT2D eigenvalue weighted by Gasteiger charge is -2.32. The highest BCUT2D eigenvalue weighted by atomic mass is 35.5. The number of carbonyl (C=O) groups excluding carboxylic acids is 1. The number of hydrogen-bond acceptors (Lipinski definition) is 10. The second-order valence-corrected chi connectivity index (χ2v) is 15.0. The van der Waals surface area contributed by atoms with Crippen molar-refractivity contribution in [2.75, 3.05) is 40.0 Å². The molecule has 1 saturated heterocycles. The molecule has 1 fully saturated rings. The first-order chi connectivity index (χ1) is 23.5. The highest BCUT2D eigenvalue weighted by Crippen LogP contribution is 2.37. The van der Waals surface area contributed by atoms with Crippen molar-refractivity contribution in [3.8, 4) is 22.6 Å². The largest absolute Gasteiger partial charge is 0.497 e. The average molecular weight is 726 g/mol. The molecular formula is C34H32ClN3O9S2. The van der Waals surface area contributed by atoms with Gasteiger partial charge in [0.25, 0.3) is 10.0 Å². The molecule has 0 bridgehead atoms. The Morgan fingerprint density at radius 3 is 2.41 bits per heavy atom. The number of fused-ring (bicyclic) bond motifs is 1. The van der Waals surface area contributed by atoms with Crippen LogP contribution in [0.1, 0.15) is 17.4 Å². The third kappa shape index (κ3) is 6.87. The van der Waals surface area contributed by atoms with E-state index in [0.717, 1.165) is 25.2 Å². The molecule has 0 radical (unpaired) electrons. The molecule has 256 valence electrons. The number of aromatic nitrogens is 2. The maximum atomic E-state index is 14.5. The minimum Gasteiger partial charge on any atom is -0.497 e. The van der Waals surface area contributed by atoms with Gasteiger partial charge < -0.3 is 18.9 Å². The Hall–Kier alpha value is -4.47. The van der Waals surface area contributed by atoms with Crippen molar-refractivity contribution in [3.63, 3.8) is 0 Å². The van der Waals surface area contributed by atoms with Crippen LogP contribution >= 0.6 is 11.6 Å². The van der Waals surface area contributed by atoms with E-state index >= 15 is 0 Å². The number of halogens is 1. The van der Waals surface area contributed by atoms with Crippen LogP contribution in [-0.2, 0) is 29.5 Å². The zero-order valence-electron chi connectivity index (χ0n) is 26.5. The quantitative estimate of drug-likeness (QED) is 0.166. The van der Waals surface area contributed by atoms with Crippen LogP contribution < -0.4 is 9.47 Å². The number of hydrogen-bond donors (Lipinski definition) is 0. The molecule has 3 aromatic carbocycles. The fraction of sp³-hybridized carbons (Fsp3) is 0.235. The summed E-state index contributed by atoms with van der Waals surface area (Å²) < 4.78 is 81.4. The summed E-state index contributed by atoms with van der Waals surface area (Å²) in [5.41, 5.74) is 1.01. The molecule has 5 aromatic rings. The van der Waals surface area contributed by atoms with Crippen molar-refractivity contribution in [2.45, 2.75) is 22.8 Å². The van der Waals surface area contributed by atoms with Crippen LogP contribution in [0.15, 0.2) is 101 Å². The van der Waals surface area contributed by atoms with Gasteiger partial charge >= 0.3 is 5.97 Å². The van der Waals surface area contributed by atoms with Crippen LogP contribution in [0.25, 0.3) is 22.0 Å². The third-order valence-electron chi connectivity index (χ3n) is 7.86. The van der Waals surface area contributed by atoms with Crippen molar-refractivity contribution in [3.05, 3.63) is 102 Å². The van der Waals surface area contributed by atoms with E-state index < -0.39 is 42.7 Å². The molecule has 0 unspecified atom stereocenters. The van der Waals surface area contributed by atoms with Crippen LogP contribution in [-0.4, -0.2) is 82.2 Å². The summed E-state index contributed by atoms with van der Waals surface area (Å²) in [6, 6.07) is 20.8. The van der Waals surface area contributed by atoms with Crippen molar-refractivity contribution < 1.29 is 40.6 Å². The second-order valence-electron chi connectivity index (χ2n) is 10.9. The number of rotatable bonds is 11. The van der Waals surface area contributed by atoms with Crippen molar-refractivity contribution in [1.82, 2.24) is 13.3 Å². The molecule has 12 nitrogen and oxygen atoms in total. The molecule has 6 rings (SSSR count). The molecule has 0 N–H and O–H groups in total. The van der Waals surface area contributed by atoms with E-state index in [2.05, 4.69) is 4.98 Å². The summed E-state index contributed by atoms with van der Waals surface area (Å²) in [5, 5.41) is 0.100. The molecule has 3 heterocycles. The number of pyridine rings is 1. The summed E-state index contributed by atoms with van der Waals surface area (Å²) in [6.07, 6.45) is 2.54. The summed E-state index contributed by atoms with van der Waals surface area (Å²) >= 11 is 6.32. The van der Waals surface area contributed by atoms with Crippen molar-refractivity contribution >= 4 is 48.5 Å². The zero-order valence-corrected chi connectivity index (χ0v) is 28.9. The Bertz CT molecular complexity index is 2210. The van der Waals surface area contributed by atoms with Gasteiger partial charge in [-0.25, -0.2) is 25.6 Å². The summed E-state index contributed by atoms with van der Waals surface area (Å²) in [7, 11) is -7.45. The number of carbonyl (C=O) groups is 1. The Kier molecular flexibility index (Phi) is 9.95. The van der Waals surface area contributed by atoms with Gasteiger partial charge in [-0.3, -0.25) is 4.98 Å². The van der Waals surface area contributed by atoms with Crippen molar-refractivity contribution in [2.24, 2.45) is 0 Å². The molecule has 1 aliphatic heterocycles. The summed E-state index contributed by atoms with van der Waals surface area (Å²) in [4.78, 5) is 17.2. The van der Waals surface area contributed by atoms with Gasteiger partial charge in [0.05, 0.1) is 36.9 Å². The fourth-order valence-electron chi connectivity index (χ4n) is 5.56. The average Bonchev–Trinajstić information content (AvgIpc) is 3.48. The molecular weight excluding hydrogens is 694 g/mol. The SMILES string of the molecule is CCOC(=O)c1c(S(=O)(=O)N2CCO[C@H](COc3cncc(-c4ccc(OC)cc4)c3)C2)c2cc(Cl)ccc2n1S(=O)(=O)c1ccccc1. The molecule has 49 heavy (non-hydrogen) atoms. The number of morpholine rings is 1. The van der Waals surface area contributed by atoms with Gasteiger partial charge in [-0.15, -0.1) is 0 Å². The lowest BCUT2D eigenvalue weighted by Crippen LogP contribution is -2.47. The lowest BCUT2D eigenvalue weighted by atomic mass is 10.1. The summed E-state index contributed by atoms with van der Waals surface area (Å²) in [5.74, 6) is 0.0496. The van der Waals surface area contributed by atoms with E-state index in [1.54, 1.807) is 25.6 Å². The van der Waals surface area contributed by atoms with Gasteiger partial charge in [0, 0.05) is 35.3 Å². The molecule has 0 saturated carbocycles. The van der Waals surface area contributed by atoms with E-state index in [1.807, 2.05) is 30.3 Å². The molecule has 0 aliphatic carbocycles. The Balaban J connectivity index is 1.34. The highest BCUT2D eigenvalue weighted by Gasteiger charge is 2.41. The minimum absolute atomic E-state index is 0.0134. The first-order valence-electron chi connectivity index (χ1n) is 15.2. The maximum absolute atomic E-state index is 14.5. The van der Waals surface area contributed by atoms with Gasteiger partial charge in [0.15, 0.2) is 5.69 Å². The molecule has 15 heteroatoms. The van der Waals surface area contributed by atoms with Gasteiger partial charge in [0.2, 0.25) is 10.0 Å². The Morgan fingerprint density at radius 1 is 0.939 bits per heavy atom. The lowest BCUT2D eigenvalue weighted by molar-refractivity contribution is -0.0249. The van der Waals surface area contributed by atoms with Crippen LogP contribution in [0, 0.1) is 0 Å². The van der Waals surface area contributed by atoms with Crippen LogP contribution in [0.2, 0.25) is 5.02 Å². The fourth-order valence-corrected chi connectivity index (χ4v) is 9.12. The van der Waals surface area contributed by atoms with Gasteiger partial charge in [-0.1, -0.05) is 41.9 Å². The molecule has 0 amide bonds. The smallest absolute Gasteiger partial charge is 0.357 e. The van der Waals surface area contributed by atoms with E-state index in [9.17, 15) is 21.6 Å². The van der Waals surface area contributed by atoms with Gasteiger partial charge in [-0.05, 0) is 61.0 Å². The van der Waals surface area contributed by atoms with Crippen LogP contribution in [0.4, 0.5) is 0 Å². The maximum Gasteiger partial charge on any atom is 0.357 e. The normalized spacial score (nSPS) is 15.6. The standard InChI is InChI=1S/C34H32ClN3O9S2/c1-3-45-34(39)32-33(30-18-25(35)11-14-31(30)38(32)48(40,41)29-7-5-4-6-8-29)49(42,43)37-15-16-46-28(21-37)22-47-27-17-24(19-36-20-27)23-9-12-26(44-2)13-10-23/h4-14,17-20,28H,3,15-16,21-22H2,1-2H3/t28-/m0/s1. The third-order valence-corrected chi connectivity index (χ3v) is 11.8. The number of benzene rings is 3. The number of ether oxygens (including phenoxy) is 4. The number of esters is 1. The van der Waals surface area contributed by atoms with E-state index in [4.69, 9.17) is 30.5 Å². The van der Waals surface area contributed by atoms with Crippen LogP contribution in [0.3, 0.4) is 0 Å². The molecule has 2 aromatic heterocycles. The van der Waals surface area contributed by atoms with Crippen molar-refractivity contribution in [1.29, 1.82) is 0 Å². The van der Waals surface area contributed by atoms with E-state index in [-0.39, 0.29) is 53.7 Å². The van der Waals surface area contributed by atoms with E-state index in [0.29, 0.717) is 5.75 Å². The Morgan fingerprint density at radius 2 is 1.69 bits per heavy atom. The van der Waals surface area contributed by atoms with Crippen LogP contribution in [0.5, 0.6) is 11.5 Å². The highest BCUT2D eigenvalue weighted by molar-refractivity contribution is 7.91. The molecule has 1 aliphatic rings. The predicted octanol–water partition coefficient (Wildman–Crippen LogP) is 5.25. The second kappa shape index (κ2) is 14.2. The summed E-state index contributed by atoms with van der Waals surface area (Å²) in [6.45, 7) is 1.21. The first kappa shape index (κ1) is 34.4. The van der Waals surface area contributed by atoms with Gasteiger partial charge in [0.1, 0.15) is 29.1 Å². The number of sulfonamides is 1. The Labute approximate surface area is 288 Å².